The van der Waals surface area contributed by atoms with E-state index in [1.807, 2.05) is 0 Å². The van der Waals surface area contributed by atoms with E-state index in [1.165, 1.54) is 23.5 Å². The molecule has 0 saturated carbocycles. The summed E-state index contributed by atoms with van der Waals surface area (Å²) in [5, 5.41) is 10.2. The fourth-order valence-electron chi connectivity index (χ4n) is 1.39. The molecule has 84 valence electrons. The number of halogens is 3. The van der Waals surface area contributed by atoms with E-state index in [2.05, 4.69) is 0 Å². The number of rotatable bonds is 2. The van der Waals surface area contributed by atoms with Crippen LogP contribution in [0.1, 0.15) is 16.5 Å². The first kappa shape index (κ1) is 11.9. The number of thiophene rings is 1. The molecule has 0 amide bonds. The van der Waals surface area contributed by atoms with Gasteiger partial charge in [0.25, 0.3) is 0 Å². The Balaban J connectivity index is 2.45. The van der Waals surface area contributed by atoms with E-state index >= 15 is 0 Å². The molecule has 1 nitrogen and oxygen atoms in total. The molecule has 0 aliphatic rings. The highest BCUT2D eigenvalue weighted by Gasteiger charge is 2.19. The standard InChI is InChI=1S/C11H7Cl2FOS/c12-6-2-1-3-7(14)10(6)11(15)8-4-5-9(13)16-8/h1-5,11,15H. The molecule has 0 saturated heterocycles. The molecule has 0 bridgehead atoms. The van der Waals surface area contributed by atoms with Crippen LogP contribution in [-0.4, -0.2) is 5.11 Å². The van der Waals surface area contributed by atoms with Gasteiger partial charge in [-0.15, -0.1) is 11.3 Å². The van der Waals surface area contributed by atoms with Crippen LogP contribution in [0.15, 0.2) is 30.3 Å². The lowest BCUT2D eigenvalue weighted by Crippen LogP contribution is -2.01. The van der Waals surface area contributed by atoms with Gasteiger partial charge in [0.2, 0.25) is 0 Å². The van der Waals surface area contributed by atoms with Gasteiger partial charge >= 0.3 is 0 Å². The highest BCUT2D eigenvalue weighted by molar-refractivity contribution is 7.16. The van der Waals surface area contributed by atoms with Crippen molar-refractivity contribution in [1.29, 1.82) is 0 Å². The smallest absolute Gasteiger partial charge is 0.130 e. The highest BCUT2D eigenvalue weighted by Crippen LogP contribution is 2.35. The fraction of sp³-hybridized carbons (Fsp3) is 0.0909. The molecule has 1 unspecified atom stereocenters. The minimum atomic E-state index is -1.08. The Morgan fingerprint density at radius 3 is 2.50 bits per heavy atom. The first-order chi connectivity index (χ1) is 7.59. The second-order valence-electron chi connectivity index (χ2n) is 3.18. The summed E-state index contributed by atoms with van der Waals surface area (Å²) >= 11 is 12.8. The first-order valence-corrected chi connectivity index (χ1v) is 6.04. The summed E-state index contributed by atoms with van der Waals surface area (Å²) in [6, 6.07) is 7.60. The fourth-order valence-corrected chi connectivity index (χ4v) is 2.71. The van der Waals surface area contributed by atoms with E-state index in [0.29, 0.717) is 9.21 Å². The molecular formula is C11H7Cl2FOS. The molecule has 0 fully saturated rings. The van der Waals surface area contributed by atoms with Crippen LogP contribution in [0, 0.1) is 5.82 Å². The van der Waals surface area contributed by atoms with Crippen molar-refractivity contribution in [3.8, 4) is 0 Å². The van der Waals surface area contributed by atoms with Crippen molar-refractivity contribution in [3.63, 3.8) is 0 Å². The van der Waals surface area contributed by atoms with Crippen LogP contribution in [0.3, 0.4) is 0 Å². The lowest BCUT2D eigenvalue weighted by Gasteiger charge is -2.11. The van der Waals surface area contributed by atoms with Gasteiger partial charge in [0, 0.05) is 15.5 Å². The quantitative estimate of drug-likeness (QED) is 0.868. The van der Waals surface area contributed by atoms with Crippen LogP contribution >= 0.6 is 34.5 Å². The third kappa shape index (κ3) is 2.23. The maximum atomic E-state index is 13.5. The Morgan fingerprint density at radius 2 is 1.94 bits per heavy atom. The van der Waals surface area contributed by atoms with Crippen molar-refractivity contribution in [1.82, 2.24) is 0 Å². The predicted molar refractivity (Wildman–Crippen MR) is 64.8 cm³/mol. The van der Waals surface area contributed by atoms with Crippen LogP contribution < -0.4 is 0 Å². The summed E-state index contributed by atoms with van der Waals surface area (Å²) < 4.78 is 14.1. The van der Waals surface area contributed by atoms with Crippen molar-refractivity contribution < 1.29 is 9.50 Å². The van der Waals surface area contributed by atoms with E-state index in [-0.39, 0.29) is 10.6 Å². The molecule has 0 aliphatic heterocycles. The van der Waals surface area contributed by atoms with Gasteiger partial charge in [-0.2, -0.15) is 0 Å². The molecule has 1 aromatic carbocycles. The molecule has 16 heavy (non-hydrogen) atoms. The summed E-state index contributed by atoms with van der Waals surface area (Å²) in [6.07, 6.45) is -1.08. The van der Waals surface area contributed by atoms with Crippen molar-refractivity contribution >= 4 is 34.5 Å². The highest BCUT2D eigenvalue weighted by atomic mass is 35.5. The number of aliphatic hydroxyl groups excluding tert-OH is 1. The summed E-state index contributed by atoms with van der Waals surface area (Å²) in [6.45, 7) is 0. The van der Waals surface area contributed by atoms with Crippen molar-refractivity contribution in [2.45, 2.75) is 6.10 Å². The number of aliphatic hydroxyl groups is 1. The Kier molecular flexibility index (Phi) is 3.50. The van der Waals surface area contributed by atoms with Crippen LogP contribution in [0.25, 0.3) is 0 Å². The summed E-state index contributed by atoms with van der Waals surface area (Å²) in [5.41, 5.74) is 0.0858. The number of hydrogen-bond acceptors (Lipinski definition) is 2. The molecule has 1 heterocycles. The van der Waals surface area contributed by atoms with E-state index < -0.39 is 11.9 Å². The molecule has 0 spiro atoms. The largest absolute Gasteiger partial charge is 0.383 e. The maximum Gasteiger partial charge on any atom is 0.130 e. The monoisotopic (exact) mass is 276 g/mol. The zero-order chi connectivity index (χ0) is 11.7. The zero-order valence-electron chi connectivity index (χ0n) is 7.95. The van der Waals surface area contributed by atoms with E-state index in [4.69, 9.17) is 23.2 Å². The van der Waals surface area contributed by atoms with Crippen LogP contribution in [-0.2, 0) is 0 Å². The summed E-state index contributed by atoms with van der Waals surface area (Å²) in [7, 11) is 0. The molecular weight excluding hydrogens is 270 g/mol. The van der Waals surface area contributed by atoms with Gasteiger partial charge in [0.05, 0.1) is 4.34 Å². The molecule has 2 rings (SSSR count). The van der Waals surface area contributed by atoms with Gasteiger partial charge in [-0.05, 0) is 24.3 Å². The lowest BCUT2D eigenvalue weighted by atomic mass is 10.1. The molecule has 2 aromatic rings. The Hall–Kier alpha value is -0.610. The maximum absolute atomic E-state index is 13.5. The second kappa shape index (κ2) is 4.72. The average molecular weight is 277 g/mol. The normalized spacial score (nSPS) is 12.8. The van der Waals surface area contributed by atoms with E-state index in [9.17, 15) is 9.50 Å². The van der Waals surface area contributed by atoms with Gasteiger partial charge in [0.1, 0.15) is 11.9 Å². The second-order valence-corrected chi connectivity index (χ2v) is 5.33. The number of hydrogen-bond donors (Lipinski definition) is 1. The van der Waals surface area contributed by atoms with Gasteiger partial charge in [-0.25, -0.2) is 4.39 Å². The average Bonchev–Trinajstić information content (AvgIpc) is 2.64. The third-order valence-electron chi connectivity index (χ3n) is 2.14. The van der Waals surface area contributed by atoms with Gasteiger partial charge < -0.3 is 5.11 Å². The van der Waals surface area contributed by atoms with Gasteiger partial charge in [-0.3, -0.25) is 0 Å². The summed E-state index contributed by atoms with van der Waals surface area (Å²) in [4.78, 5) is 0.567. The van der Waals surface area contributed by atoms with Crippen LogP contribution in [0.5, 0.6) is 0 Å². The SMILES string of the molecule is OC(c1ccc(Cl)s1)c1c(F)cccc1Cl. The van der Waals surface area contributed by atoms with Crippen molar-refractivity contribution in [2.75, 3.05) is 0 Å². The Bertz CT molecular complexity index is 492. The van der Waals surface area contributed by atoms with E-state index in [0.717, 1.165) is 0 Å². The topological polar surface area (TPSA) is 20.2 Å². The molecule has 1 aromatic heterocycles. The van der Waals surface area contributed by atoms with Crippen LogP contribution in [0.4, 0.5) is 4.39 Å². The Morgan fingerprint density at radius 1 is 1.19 bits per heavy atom. The molecule has 5 heteroatoms. The third-order valence-corrected chi connectivity index (χ3v) is 3.75. The Labute approximate surface area is 106 Å². The minimum Gasteiger partial charge on any atom is -0.383 e. The van der Waals surface area contributed by atoms with Gasteiger partial charge in [-0.1, -0.05) is 29.3 Å². The van der Waals surface area contributed by atoms with Crippen molar-refractivity contribution in [2.24, 2.45) is 0 Å². The predicted octanol–water partition coefficient (Wildman–Crippen LogP) is 4.28. The van der Waals surface area contributed by atoms with Crippen molar-refractivity contribution in [3.05, 3.63) is 55.9 Å². The van der Waals surface area contributed by atoms with Crippen LogP contribution in [0.2, 0.25) is 9.36 Å². The summed E-state index contributed by atoms with van der Waals surface area (Å²) in [5.74, 6) is -0.524. The minimum absolute atomic E-state index is 0.0858. The van der Waals surface area contributed by atoms with E-state index in [1.54, 1.807) is 18.2 Å². The lowest BCUT2D eigenvalue weighted by molar-refractivity contribution is 0.219. The number of benzene rings is 1. The zero-order valence-corrected chi connectivity index (χ0v) is 10.3. The molecule has 0 radical (unpaired) electrons. The van der Waals surface area contributed by atoms with Gasteiger partial charge in [0.15, 0.2) is 0 Å². The molecule has 1 atom stereocenters. The molecule has 1 N–H and O–H groups in total. The molecule has 0 aliphatic carbocycles. The first-order valence-electron chi connectivity index (χ1n) is 4.47.